The smallest absolute Gasteiger partial charge is 0.362 e. The Morgan fingerprint density at radius 1 is 1.13 bits per heavy atom. The molecule has 3 aliphatic rings. The number of hydrogen-bond acceptors (Lipinski definition) is 5. The minimum absolute atomic E-state index is 0.175. The Morgan fingerprint density at radius 2 is 1.80 bits per heavy atom. The van der Waals surface area contributed by atoms with E-state index in [0.717, 1.165) is 45.7 Å². The second kappa shape index (κ2) is 10.2. The summed E-state index contributed by atoms with van der Waals surface area (Å²) < 4.78 is 37.1. The third-order valence-corrected chi connectivity index (χ3v) is 6.26. The molecular weight excluding hydrogens is 395 g/mol. The number of piperidine rings is 1. The fourth-order valence-electron chi connectivity index (χ4n) is 4.51. The molecule has 3 heterocycles. The highest BCUT2D eigenvalue weighted by Crippen LogP contribution is 2.21. The quantitative estimate of drug-likeness (QED) is 0.700. The van der Waals surface area contributed by atoms with Crippen LogP contribution in [-0.4, -0.2) is 90.8 Å². The standard InChI is InChI=1S/C21H34F3N5O/c1-16(2)27-11-7-17(8-12-27)28-9-4-10-29(14-13-28)19-6-3-5-18(26-19)20(30)25-15-21(22,23)24/h3,5-6,16-17,19,26H,4,7-15H2,1-2H3,(H,25,30). The van der Waals surface area contributed by atoms with Crippen LogP contribution in [0.1, 0.15) is 33.1 Å². The number of alkyl halides is 3. The molecule has 1 atom stereocenters. The molecule has 2 N–H and O–H groups in total. The number of rotatable bonds is 5. The molecule has 2 saturated heterocycles. The molecule has 2 fully saturated rings. The normalized spacial score (nSPS) is 25.7. The van der Waals surface area contributed by atoms with Gasteiger partial charge in [0.15, 0.2) is 0 Å². The summed E-state index contributed by atoms with van der Waals surface area (Å²) in [6.45, 7) is 9.26. The van der Waals surface area contributed by atoms with Crippen LogP contribution in [0.25, 0.3) is 0 Å². The molecule has 0 aromatic heterocycles. The van der Waals surface area contributed by atoms with E-state index >= 15 is 0 Å². The summed E-state index contributed by atoms with van der Waals surface area (Å²) >= 11 is 0. The lowest BCUT2D eigenvalue weighted by Gasteiger charge is -2.39. The first-order chi connectivity index (χ1) is 14.2. The van der Waals surface area contributed by atoms with Gasteiger partial charge in [-0.3, -0.25) is 14.6 Å². The summed E-state index contributed by atoms with van der Waals surface area (Å²) in [5, 5.41) is 5.03. The van der Waals surface area contributed by atoms with Crippen LogP contribution in [0, 0.1) is 0 Å². The average Bonchev–Trinajstić information content (AvgIpc) is 2.98. The lowest BCUT2D eigenvalue weighted by atomic mass is 10.0. The Kier molecular flexibility index (Phi) is 7.81. The van der Waals surface area contributed by atoms with E-state index in [0.29, 0.717) is 12.1 Å². The van der Waals surface area contributed by atoms with Gasteiger partial charge in [0, 0.05) is 31.7 Å². The largest absolute Gasteiger partial charge is 0.405 e. The molecule has 30 heavy (non-hydrogen) atoms. The van der Waals surface area contributed by atoms with Gasteiger partial charge < -0.3 is 15.5 Å². The molecule has 6 nitrogen and oxygen atoms in total. The minimum Gasteiger partial charge on any atom is -0.362 e. The molecule has 0 spiro atoms. The van der Waals surface area contributed by atoms with Gasteiger partial charge in [-0.2, -0.15) is 13.2 Å². The van der Waals surface area contributed by atoms with Crippen molar-refractivity contribution >= 4 is 5.91 Å². The van der Waals surface area contributed by atoms with E-state index in [1.54, 1.807) is 6.08 Å². The second-order valence-electron chi connectivity index (χ2n) is 8.64. The molecule has 1 amide bonds. The van der Waals surface area contributed by atoms with Crippen LogP contribution < -0.4 is 10.6 Å². The van der Waals surface area contributed by atoms with Gasteiger partial charge in [0.05, 0.1) is 6.17 Å². The predicted octanol–water partition coefficient (Wildman–Crippen LogP) is 1.91. The van der Waals surface area contributed by atoms with E-state index in [1.165, 1.54) is 18.9 Å². The zero-order valence-corrected chi connectivity index (χ0v) is 17.9. The van der Waals surface area contributed by atoms with Crippen LogP contribution >= 0.6 is 0 Å². The maximum absolute atomic E-state index is 12.4. The molecule has 3 aliphatic heterocycles. The fourth-order valence-corrected chi connectivity index (χ4v) is 4.51. The summed E-state index contributed by atoms with van der Waals surface area (Å²) in [6.07, 6.45) is 4.07. The van der Waals surface area contributed by atoms with E-state index in [1.807, 2.05) is 11.4 Å². The molecule has 0 aliphatic carbocycles. The molecule has 0 radical (unpaired) electrons. The number of allylic oxidation sites excluding steroid dienone is 2. The summed E-state index contributed by atoms with van der Waals surface area (Å²) in [7, 11) is 0. The lowest BCUT2D eigenvalue weighted by molar-refractivity contribution is -0.136. The Bertz CT molecular complexity index is 641. The number of likely N-dealkylation sites (tertiary alicyclic amines) is 1. The van der Waals surface area contributed by atoms with Crippen molar-refractivity contribution in [3.8, 4) is 0 Å². The topological polar surface area (TPSA) is 50.9 Å². The maximum atomic E-state index is 12.4. The van der Waals surface area contributed by atoms with Gasteiger partial charge in [-0.05, 0) is 64.9 Å². The van der Waals surface area contributed by atoms with Crippen LogP contribution in [0.15, 0.2) is 23.9 Å². The molecule has 170 valence electrons. The molecule has 0 aromatic rings. The highest BCUT2D eigenvalue weighted by molar-refractivity contribution is 5.93. The van der Waals surface area contributed by atoms with Gasteiger partial charge in [-0.25, -0.2) is 0 Å². The van der Waals surface area contributed by atoms with Gasteiger partial charge in [0.25, 0.3) is 5.91 Å². The highest BCUT2D eigenvalue weighted by Gasteiger charge is 2.31. The predicted molar refractivity (Wildman–Crippen MR) is 111 cm³/mol. The number of halogens is 3. The van der Waals surface area contributed by atoms with E-state index in [2.05, 4.69) is 33.9 Å². The third kappa shape index (κ3) is 6.46. The summed E-state index contributed by atoms with van der Waals surface area (Å²) in [5.74, 6) is -0.727. The van der Waals surface area contributed by atoms with Crippen LogP contribution in [0.3, 0.4) is 0 Å². The number of carbonyl (C=O) groups excluding carboxylic acids is 1. The van der Waals surface area contributed by atoms with Crippen molar-refractivity contribution in [1.82, 2.24) is 25.3 Å². The zero-order chi connectivity index (χ0) is 21.7. The molecule has 0 saturated carbocycles. The number of carbonyl (C=O) groups is 1. The van der Waals surface area contributed by atoms with E-state index < -0.39 is 18.6 Å². The van der Waals surface area contributed by atoms with Gasteiger partial charge in [0.1, 0.15) is 12.2 Å². The van der Waals surface area contributed by atoms with Crippen LogP contribution in [-0.2, 0) is 4.79 Å². The van der Waals surface area contributed by atoms with Gasteiger partial charge in [-0.1, -0.05) is 6.08 Å². The molecule has 3 rings (SSSR count). The average molecular weight is 430 g/mol. The number of hydrogen-bond donors (Lipinski definition) is 2. The van der Waals surface area contributed by atoms with Crippen LogP contribution in [0.5, 0.6) is 0 Å². The van der Waals surface area contributed by atoms with Crippen LogP contribution in [0.4, 0.5) is 13.2 Å². The Labute approximate surface area is 177 Å². The third-order valence-electron chi connectivity index (χ3n) is 6.26. The SMILES string of the molecule is CC(C)N1CCC(N2CCCN(C3C=CC=C(C(=O)NCC(F)(F)F)N3)CC2)CC1. The van der Waals surface area contributed by atoms with Crippen molar-refractivity contribution < 1.29 is 18.0 Å². The lowest BCUT2D eigenvalue weighted by Crippen LogP contribution is -2.50. The van der Waals surface area contributed by atoms with Crippen molar-refractivity contribution in [2.75, 3.05) is 45.8 Å². The summed E-state index contributed by atoms with van der Waals surface area (Å²) in [6, 6.07) is 1.23. The Balaban J connectivity index is 1.48. The van der Waals surface area contributed by atoms with Gasteiger partial charge in [0.2, 0.25) is 0 Å². The number of nitrogens with zero attached hydrogens (tertiary/aromatic N) is 3. The van der Waals surface area contributed by atoms with Crippen molar-refractivity contribution in [2.45, 2.75) is 57.5 Å². The van der Waals surface area contributed by atoms with Crippen molar-refractivity contribution in [3.05, 3.63) is 23.9 Å². The Hall–Kier alpha value is -1.58. The molecule has 0 aromatic carbocycles. The first-order valence-electron chi connectivity index (χ1n) is 10.9. The molecule has 1 unspecified atom stereocenters. The molecule has 0 bridgehead atoms. The number of dihydropyridines is 1. The first-order valence-corrected chi connectivity index (χ1v) is 10.9. The highest BCUT2D eigenvalue weighted by atomic mass is 19.4. The number of nitrogens with one attached hydrogen (secondary N) is 2. The van der Waals surface area contributed by atoms with E-state index in [9.17, 15) is 18.0 Å². The monoisotopic (exact) mass is 429 g/mol. The maximum Gasteiger partial charge on any atom is 0.405 e. The molecule has 9 heteroatoms. The van der Waals surface area contributed by atoms with Crippen molar-refractivity contribution in [2.24, 2.45) is 0 Å². The zero-order valence-electron chi connectivity index (χ0n) is 17.9. The first kappa shape index (κ1) is 23.1. The second-order valence-corrected chi connectivity index (χ2v) is 8.64. The van der Waals surface area contributed by atoms with Crippen LogP contribution in [0.2, 0.25) is 0 Å². The molecular formula is C21H34F3N5O. The van der Waals surface area contributed by atoms with E-state index in [4.69, 9.17) is 0 Å². The fraction of sp³-hybridized carbons (Fsp3) is 0.762. The minimum atomic E-state index is -4.42. The van der Waals surface area contributed by atoms with Gasteiger partial charge >= 0.3 is 6.18 Å². The Morgan fingerprint density at radius 3 is 2.47 bits per heavy atom. The van der Waals surface area contributed by atoms with Gasteiger partial charge in [-0.15, -0.1) is 0 Å². The summed E-state index contributed by atoms with van der Waals surface area (Å²) in [4.78, 5) is 19.5. The number of amides is 1. The van der Waals surface area contributed by atoms with E-state index in [-0.39, 0.29) is 11.9 Å². The van der Waals surface area contributed by atoms with Crippen molar-refractivity contribution in [3.63, 3.8) is 0 Å². The summed E-state index contributed by atoms with van der Waals surface area (Å²) in [5.41, 5.74) is 0.175. The van der Waals surface area contributed by atoms with Crippen molar-refractivity contribution in [1.29, 1.82) is 0 Å².